The molecule has 0 aliphatic rings. The molecule has 0 bridgehead atoms. The Bertz CT molecular complexity index is 259. The fourth-order valence-corrected chi connectivity index (χ4v) is 2.52. The third kappa shape index (κ3) is 2.57. The number of hydrogen-bond donors (Lipinski definition) is 0. The van der Waals surface area contributed by atoms with E-state index < -0.39 is 0 Å². The molecule has 0 fully saturated rings. The van der Waals surface area contributed by atoms with Crippen LogP contribution in [0.25, 0.3) is 0 Å². The van der Waals surface area contributed by atoms with E-state index in [1.165, 1.54) is 10.6 Å². The standard InChI is InChI=1S/C8H9NS2/c1-2-5-10-8-4-3-7(6-9)11-8/h3-4H,2,5H2,1H3. The third-order valence-corrected chi connectivity index (χ3v) is 3.56. The van der Waals surface area contributed by atoms with Crippen molar-refractivity contribution in [1.29, 1.82) is 5.26 Å². The normalized spacial score (nSPS) is 9.45. The molecule has 0 radical (unpaired) electrons. The molecule has 0 unspecified atom stereocenters. The van der Waals surface area contributed by atoms with Gasteiger partial charge in [-0.15, -0.1) is 23.1 Å². The Kier molecular flexibility index (Phi) is 3.47. The molecule has 0 aliphatic heterocycles. The molecule has 0 N–H and O–H groups in total. The average molecular weight is 183 g/mol. The van der Waals surface area contributed by atoms with Crippen LogP contribution in [0.2, 0.25) is 0 Å². The van der Waals surface area contributed by atoms with Crippen molar-refractivity contribution < 1.29 is 0 Å². The SMILES string of the molecule is CCCSc1ccc(C#N)s1. The largest absolute Gasteiger partial charge is 0.192 e. The fourth-order valence-electron chi connectivity index (χ4n) is 0.660. The van der Waals surface area contributed by atoms with Crippen molar-refractivity contribution in [3.8, 4) is 6.07 Å². The van der Waals surface area contributed by atoms with Gasteiger partial charge in [0.15, 0.2) is 0 Å². The fraction of sp³-hybridized carbons (Fsp3) is 0.375. The molecule has 1 aromatic heterocycles. The van der Waals surface area contributed by atoms with Crippen LogP contribution in [-0.2, 0) is 0 Å². The Labute approximate surface area is 75.0 Å². The van der Waals surface area contributed by atoms with Crippen LogP contribution < -0.4 is 0 Å². The molecular weight excluding hydrogens is 174 g/mol. The van der Waals surface area contributed by atoms with Crippen LogP contribution in [0.3, 0.4) is 0 Å². The predicted octanol–water partition coefficient (Wildman–Crippen LogP) is 3.12. The van der Waals surface area contributed by atoms with Crippen LogP contribution in [0, 0.1) is 11.3 Å². The first-order valence-electron chi connectivity index (χ1n) is 3.49. The minimum atomic E-state index is 0.809. The van der Waals surface area contributed by atoms with Gasteiger partial charge in [0, 0.05) is 0 Å². The lowest BCUT2D eigenvalue weighted by molar-refractivity contribution is 1.11. The minimum absolute atomic E-state index is 0.809. The number of nitriles is 1. The second-order valence-electron chi connectivity index (χ2n) is 2.08. The maximum Gasteiger partial charge on any atom is 0.110 e. The van der Waals surface area contributed by atoms with E-state index in [9.17, 15) is 0 Å². The van der Waals surface area contributed by atoms with Crippen molar-refractivity contribution >= 4 is 23.1 Å². The summed E-state index contributed by atoms with van der Waals surface area (Å²) < 4.78 is 1.25. The zero-order chi connectivity index (χ0) is 8.10. The summed E-state index contributed by atoms with van der Waals surface area (Å²) in [7, 11) is 0. The van der Waals surface area contributed by atoms with E-state index in [0.29, 0.717) is 0 Å². The Balaban J connectivity index is 2.53. The Morgan fingerprint density at radius 2 is 2.45 bits per heavy atom. The van der Waals surface area contributed by atoms with Crippen LogP contribution in [0.4, 0.5) is 0 Å². The molecular formula is C8H9NS2. The molecule has 1 heterocycles. The van der Waals surface area contributed by atoms with E-state index in [1.54, 1.807) is 11.3 Å². The molecule has 1 aromatic rings. The molecule has 0 aromatic carbocycles. The van der Waals surface area contributed by atoms with E-state index in [0.717, 1.165) is 10.6 Å². The molecule has 0 saturated heterocycles. The first-order chi connectivity index (χ1) is 5.36. The van der Waals surface area contributed by atoms with E-state index in [4.69, 9.17) is 5.26 Å². The van der Waals surface area contributed by atoms with Gasteiger partial charge in [-0.25, -0.2) is 0 Å². The minimum Gasteiger partial charge on any atom is -0.192 e. The lowest BCUT2D eigenvalue weighted by Crippen LogP contribution is -1.68. The van der Waals surface area contributed by atoms with Gasteiger partial charge in [0.25, 0.3) is 0 Å². The molecule has 58 valence electrons. The summed E-state index contributed by atoms with van der Waals surface area (Å²) in [5.74, 6) is 1.14. The number of hydrogen-bond acceptors (Lipinski definition) is 3. The van der Waals surface area contributed by atoms with Crippen LogP contribution in [0.15, 0.2) is 16.3 Å². The lowest BCUT2D eigenvalue weighted by atomic mass is 10.5. The van der Waals surface area contributed by atoms with Crippen molar-refractivity contribution in [2.24, 2.45) is 0 Å². The zero-order valence-electron chi connectivity index (χ0n) is 6.33. The van der Waals surface area contributed by atoms with Crippen molar-refractivity contribution in [3.05, 3.63) is 17.0 Å². The molecule has 0 atom stereocenters. The molecule has 1 rings (SSSR count). The molecule has 1 nitrogen and oxygen atoms in total. The van der Waals surface area contributed by atoms with Gasteiger partial charge >= 0.3 is 0 Å². The molecule has 0 amide bonds. The first-order valence-corrected chi connectivity index (χ1v) is 5.29. The number of thioether (sulfide) groups is 1. The molecule has 11 heavy (non-hydrogen) atoms. The number of thiophene rings is 1. The highest BCUT2D eigenvalue weighted by atomic mass is 32.2. The summed E-state index contributed by atoms with van der Waals surface area (Å²) in [6.45, 7) is 2.16. The van der Waals surface area contributed by atoms with Crippen LogP contribution in [-0.4, -0.2) is 5.75 Å². The summed E-state index contributed by atoms with van der Waals surface area (Å²) in [4.78, 5) is 0.809. The lowest BCUT2D eigenvalue weighted by Gasteiger charge is -1.90. The van der Waals surface area contributed by atoms with Crippen LogP contribution >= 0.6 is 23.1 Å². The Hall–Kier alpha value is -0.460. The molecule has 0 saturated carbocycles. The molecule has 0 spiro atoms. The van der Waals surface area contributed by atoms with Gasteiger partial charge in [-0.2, -0.15) is 5.26 Å². The van der Waals surface area contributed by atoms with E-state index >= 15 is 0 Å². The van der Waals surface area contributed by atoms with Crippen molar-refractivity contribution in [2.45, 2.75) is 17.6 Å². The van der Waals surface area contributed by atoms with E-state index in [-0.39, 0.29) is 0 Å². The van der Waals surface area contributed by atoms with Gasteiger partial charge in [0.05, 0.1) is 4.21 Å². The van der Waals surface area contributed by atoms with E-state index in [1.807, 2.05) is 23.9 Å². The summed E-state index contributed by atoms with van der Waals surface area (Å²) in [6.07, 6.45) is 1.18. The third-order valence-electron chi connectivity index (χ3n) is 1.14. The second kappa shape index (κ2) is 4.42. The van der Waals surface area contributed by atoms with Gasteiger partial charge < -0.3 is 0 Å². The van der Waals surface area contributed by atoms with Crippen molar-refractivity contribution in [1.82, 2.24) is 0 Å². The highest BCUT2D eigenvalue weighted by molar-refractivity contribution is 8.01. The summed E-state index contributed by atoms with van der Waals surface area (Å²) in [5.41, 5.74) is 0. The van der Waals surface area contributed by atoms with Gasteiger partial charge in [-0.05, 0) is 24.3 Å². The van der Waals surface area contributed by atoms with Crippen molar-refractivity contribution in [3.63, 3.8) is 0 Å². The van der Waals surface area contributed by atoms with Gasteiger partial charge in [-0.3, -0.25) is 0 Å². The quantitative estimate of drug-likeness (QED) is 0.672. The highest BCUT2D eigenvalue weighted by Gasteiger charge is 1.97. The Morgan fingerprint density at radius 1 is 1.64 bits per heavy atom. The zero-order valence-corrected chi connectivity index (χ0v) is 7.97. The topological polar surface area (TPSA) is 23.8 Å². The highest BCUT2D eigenvalue weighted by Crippen LogP contribution is 2.26. The molecule has 3 heteroatoms. The van der Waals surface area contributed by atoms with Crippen LogP contribution in [0.5, 0.6) is 0 Å². The maximum atomic E-state index is 8.53. The average Bonchev–Trinajstić information content (AvgIpc) is 2.48. The van der Waals surface area contributed by atoms with Gasteiger partial charge in [0.1, 0.15) is 10.9 Å². The Morgan fingerprint density at radius 3 is 3.00 bits per heavy atom. The first kappa shape index (κ1) is 8.63. The maximum absolute atomic E-state index is 8.53. The second-order valence-corrected chi connectivity index (χ2v) is 4.56. The van der Waals surface area contributed by atoms with Gasteiger partial charge in [0.2, 0.25) is 0 Å². The monoisotopic (exact) mass is 183 g/mol. The smallest absolute Gasteiger partial charge is 0.110 e. The summed E-state index contributed by atoms with van der Waals surface area (Å²) in [6, 6.07) is 6.02. The summed E-state index contributed by atoms with van der Waals surface area (Å²) in [5, 5.41) is 8.53. The number of nitrogens with zero attached hydrogens (tertiary/aromatic N) is 1. The summed E-state index contributed by atoms with van der Waals surface area (Å²) >= 11 is 3.40. The molecule has 0 aliphatic carbocycles. The van der Waals surface area contributed by atoms with E-state index in [2.05, 4.69) is 13.0 Å². The number of rotatable bonds is 3. The van der Waals surface area contributed by atoms with Gasteiger partial charge in [-0.1, -0.05) is 6.92 Å². The predicted molar refractivity (Wildman–Crippen MR) is 50.0 cm³/mol. The van der Waals surface area contributed by atoms with Crippen molar-refractivity contribution in [2.75, 3.05) is 5.75 Å². The van der Waals surface area contributed by atoms with Crippen LogP contribution in [0.1, 0.15) is 18.2 Å².